The topological polar surface area (TPSA) is 144 Å². The molecule has 4 N–H and O–H groups in total. The third kappa shape index (κ3) is 3.75. The summed E-state index contributed by atoms with van der Waals surface area (Å²) in [5.74, 6) is -0.989. The second-order valence-corrected chi connectivity index (χ2v) is 6.17. The van der Waals surface area contributed by atoms with E-state index in [9.17, 15) is 19.7 Å². The van der Waals surface area contributed by atoms with Crippen LogP contribution >= 0.6 is 11.3 Å². The number of carbonyl (C=O) groups is 2. The number of thiazole rings is 1. The van der Waals surface area contributed by atoms with Crippen LogP contribution in [0.2, 0.25) is 0 Å². The van der Waals surface area contributed by atoms with Crippen LogP contribution in [0.1, 0.15) is 16.1 Å². The van der Waals surface area contributed by atoms with Crippen molar-refractivity contribution in [2.24, 2.45) is 5.73 Å². The minimum absolute atomic E-state index is 0.103. The van der Waals surface area contributed by atoms with Gasteiger partial charge in [0.05, 0.1) is 17.0 Å². The van der Waals surface area contributed by atoms with E-state index in [-0.39, 0.29) is 17.8 Å². The molecule has 0 aliphatic heterocycles. The van der Waals surface area contributed by atoms with Crippen LogP contribution < -0.4 is 11.1 Å². The fraction of sp³-hybridized carbons (Fsp3) is 0.0625. The lowest BCUT2D eigenvalue weighted by Gasteiger charge is -2.03. The molecule has 3 aromatic rings. The SMILES string of the molecule is NC(=O)c1cc(-c2csc(NC(=O)Cc3ccccc3[N+](=O)[O-])n2)c[nH]1. The van der Waals surface area contributed by atoms with Crippen molar-refractivity contribution in [3.8, 4) is 11.3 Å². The predicted molar refractivity (Wildman–Crippen MR) is 95.8 cm³/mol. The summed E-state index contributed by atoms with van der Waals surface area (Å²) < 4.78 is 0. The second-order valence-electron chi connectivity index (χ2n) is 5.31. The van der Waals surface area contributed by atoms with E-state index in [2.05, 4.69) is 15.3 Å². The monoisotopic (exact) mass is 371 g/mol. The molecule has 9 nitrogen and oxygen atoms in total. The van der Waals surface area contributed by atoms with Gasteiger partial charge in [0.15, 0.2) is 5.13 Å². The minimum atomic E-state index is -0.579. The normalized spacial score (nSPS) is 10.5. The molecule has 2 aromatic heterocycles. The maximum Gasteiger partial charge on any atom is 0.273 e. The lowest BCUT2D eigenvalue weighted by atomic mass is 10.1. The standard InChI is InChI=1S/C16H13N5O4S/c17-15(23)11-5-10(7-18-11)12-8-26-16(19-12)20-14(22)6-9-3-1-2-4-13(9)21(24)25/h1-5,7-8,18H,6H2,(H2,17,23)(H,19,20,22). The van der Waals surface area contributed by atoms with E-state index in [0.29, 0.717) is 22.0 Å². The number of nitrogens with zero attached hydrogens (tertiary/aromatic N) is 2. The molecule has 0 fully saturated rings. The van der Waals surface area contributed by atoms with Crippen molar-refractivity contribution >= 4 is 34.0 Å². The molecule has 132 valence electrons. The number of benzene rings is 1. The summed E-state index contributed by atoms with van der Waals surface area (Å²) in [5.41, 5.74) is 6.90. The lowest BCUT2D eigenvalue weighted by molar-refractivity contribution is -0.385. The van der Waals surface area contributed by atoms with Crippen molar-refractivity contribution in [2.75, 3.05) is 5.32 Å². The van der Waals surface area contributed by atoms with E-state index in [1.54, 1.807) is 29.8 Å². The Morgan fingerprint density at radius 2 is 2.12 bits per heavy atom. The van der Waals surface area contributed by atoms with Crippen LogP contribution in [-0.2, 0) is 11.2 Å². The summed E-state index contributed by atoms with van der Waals surface area (Å²) in [6.07, 6.45) is 1.45. The third-order valence-corrected chi connectivity index (χ3v) is 4.29. The number of amides is 2. The smallest absolute Gasteiger partial charge is 0.273 e. The number of aromatic amines is 1. The van der Waals surface area contributed by atoms with Crippen LogP contribution in [-0.4, -0.2) is 26.7 Å². The Hall–Kier alpha value is -3.53. The molecule has 0 saturated heterocycles. The third-order valence-electron chi connectivity index (χ3n) is 3.53. The van der Waals surface area contributed by atoms with Crippen LogP contribution in [0.3, 0.4) is 0 Å². The van der Waals surface area contributed by atoms with Gasteiger partial charge in [-0.3, -0.25) is 19.7 Å². The van der Waals surface area contributed by atoms with Gasteiger partial charge in [-0.15, -0.1) is 11.3 Å². The Bertz CT molecular complexity index is 994. The summed E-state index contributed by atoms with van der Waals surface area (Å²) in [4.78, 5) is 40.8. The molecule has 0 aliphatic rings. The molecule has 0 radical (unpaired) electrons. The fourth-order valence-electron chi connectivity index (χ4n) is 2.32. The maximum atomic E-state index is 12.2. The van der Waals surface area contributed by atoms with Crippen molar-refractivity contribution in [3.63, 3.8) is 0 Å². The Labute approximate surface area is 151 Å². The zero-order valence-electron chi connectivity index (χ0n) is 13.3. The zero-order valence-corrected chi connectivity index (χ0v) is 14.1. The molecule has 0 unspecified atom stereocenters. The largest absolute Gasteiger partial charge is 0.364 e. The first kappa shape index (κ1) is 17.3. The van der Waals surface area contributed by atoms with Crippen molar-refractivity contribution in [2.45, 2.75) is 6.42 Å². The number of nitro groups is 1. The number of nitrogens with one attached hydrogen (secondary N) is 2. The number of para-hydroxylation sites is 1. The van der Waals surface area contributed by atoms with Crippen LogP contribution in [0.25, 0.3) is 11.3 Å². The number of aromatic nitrogens is 2. The highest BCUT2D eigenvalue weighted by Gasteiger charge is 2.17. The van der Waals surface area contributed by atoms with E-state index < -0.39 is 16.7 Å². The molecule has 2 amide bonds. The van der Waals surface area contributed by atoms with Crippen molar-refractivity contribution in [1.29, 1.82) is 0 Å². The molecule has 0 atom stereocenters. The molecule has 3 rings (SSSR count). The van der Waals surface area contributed by atoms with Gasteiger partial charge in [0.25, 0.3) is 11.6 Å². The lowest BCUT2D eigenvalue weighted by Crippen LogP contribution is -2.15. The Morgan fingerprint density at radius 3 is 2.81 bits per heavy atom. The highest BCUT2D eigenvalue weighted by molar-refractivity contribution is 7.14. The molecule has 0 spiro atoms. The number of hydrogen-bond donors (Lipinski definition) is 3. The van der Waals surface area contributed by atoms with Gasteiger partial charge in [-0.1, -0.05) is 18.2 Å². The van der Waals surface area contributed by atoms with E-state index in [4.69, 9.17) is 5.73 Å². The van der Waals surface area contributed by atoms with Crippen LogP contribution in [0.4, 0.5) is 10.8 Å². The van der Waals surface area contributed by atoms with Gasteiger partial charge in [0.2, 0.25) is 5.91 Å². The van der Waals surface area contributed by atoms with Gasteiger partial charge in [-0.25, -0.2) is 4.98 Å². The molecular formula is C16H13N5O4S. The molecule has 0 aliphatic carbocycles. The molecule has 1 aromatic carbocycles. The van der Waals surface area contributed by atoms with Crippen molar-refractivity contribution < 1.29 is 14.5 Å². The molecular weight excluding hydrogens is 358 g/mol. The highest BCUT2D eigenvalue weighted by Crippen LogP contribution is 2.26. The summed E-state index contributed by atoms with van der Waals surface area (Å²) in [6, 6.07) is 7.64. The summed E-state index contributed by atoms with van der Waals surface area (Å²) >= 11 is 1.20. The van der Waals surface area contributed by atoms with Crippen LogP contribution in [0.15, 0.2) is 41.9 Å². The number of primary amides is 1. The fourth-order valence-corrected chi connectivity index (χ4v) is 3.06. The van der Waals surface area contributed by atoms with E-state index in [0.717, 1.165) is 0 Å². The number of carbonyl (C=O) groups excluding carboxylic acids is 2. The van der Waals surface area contributed by atoms with Gasteiger partial charge in [-0.05, 0) is 6.07 Å². The average Bonchev–Trinajstić information content (AvgIpc) is 3.24. The summed E-state index contributed by atoms with van der Waals surface area (Å²) in [6.45, 7) is 0. The Balaban J connectivity index is 1.70. The van der Waals surface area contributed by atoms with Crippen molar-refractivity contribution in [1.82, 2.24) is 9.97 Å². The molecule has 0 bridgehead atoms. The van der Waals surface area contributed by atoms with E-state index in [1.165, 1.54) is 23.5 Å². The molecule has 0 saturated carbocycles. The first-order chi connectivity index (χ1) is 12.4. The highest BCUT2D eigenvalue weighted by atomic mass is 32.1. The Morgan fingerprint density at radius 1 is 1.35 bits per heavy atom. The molecule has 10 heteroatoms. The maximum absolute atomic E-state index is 12.2. The first-order valence-corrected chi connectivity index (χ1v) is 8.28. The van der Waals surface area contributed by atoms with Gasteiger partial charge in [-0.2, -0.15) is 0 Å². The predicted octanol–water partition coefficient (Wildman–Crippen LogP) is 2.33. The van der Waals surface area contributed by atoms with Gasteiger partial charge in [0, 0.05) is 28.8 Å². The minimum Gasteiger partial charge on any atom is -0.364 e. The average molecular weight is 371 g/mol. The quantitative estimate of drug-likeness (QED) is 0.450. The number of nitrogens with two attached hydrogens (primary N) is 1. The summed E-state index contributed by atoms with van der Waals surface area (Å²) in [5, 5.41) is 15.7. The number of hydrogen-bond acceptors (Lipinski definition) is 6. The molecule has 26 heavy (non-hydrogen) atoms. The number of H-pyrrole nitrogens is 1. The van der Waals surface area contributed by atoms with E-state index in [1.807, 2.05) is 0 Å². The summed E-state index contributed by atoms with van der Waals surface area (Å²) in [7, 11) is 0. The van der Waals surface area contributed by atoms with Crippen LogP contribution in [0, 0.1) is 10.1 Å². The van der Waals surface area contributed by atoms with Crippen molar-refractivity contribution in [3.05, 3.63) is 63.3 Å². The van der Waals surface area contributed by atoms with E-state index >= 15 is 0 Å². The first-order valence-electron chi connectivity index (χ1n) is 7.40. The second kappa shape index (κ2) is 7.15. The van der Waals surface area contributed by atoms with Gasteiger partial charge < -0.3 is 16.0 Å². The number of rotatable bonds is 6. The molecule has 2 heterocycles. The van der Waals surface area contributed by atoms with Gasteiger partial charge in [0.1, 0.15) is 5.69 Å². The van der Waals surface area contributed by atoms with Gasteiger partial charge >= 0.3 is 0 Å². The van der Waals surface area contributed by atoms with Crippen LogP contribution in [0.5, 0.6) is 0 Å². The Kier molecular flexibility index (Phi) is 4.76. The number of nitro benzene ring substituents is 1. The number of anilines is 1. The zero-order chi connectivity index (χ0) is 18.7.